The standard InChI is InChI=1S/C25H23ClN4O2S/c1-32-22-13-12-20(26)14-21(22)24-27-25(29-28-24)33-17-23(31)30(15-18-8-4-2-5-9-18)16-19-10-6-3-7-11-19/h2-14H,15-17H2,1H3,(H,27,28,29). The number of aromatic nitrogens is 3. The maximum absolute atomic E-state index is 13.1. The van der Waals surface area contributed by atoms with Crippen LogP contribution in [-0.2, 0) is 17.9 Å². The molecule has 0 saturated heterocycles. The van der Waals surface area contributed by atoms with Gasteiger partial charge < -0.3 is 9.64 Å². The molecule has 1 N–H and O–H groups in total. The number of ether oxygens (including phenoxy) is 1. The molecule has 0 spiro atoms. The maximum Gasteiger partial charge on any atom is 0.233 e. The molecule has 0 radical (unpaired) electrons. The fraction of sp³-hybridized carbons (Fsp3) is 0.160. The molecule has 0 fully saturated rings. The summed E-state index contributed by atoms with van der Waals surface area (Å²) in [7, 11) is 1.59. The molecule has 0 aliphatic carbocycles. The first kappa shape index (κ1) is 22.9. The number of carbonyl (C=O) groups excluding carboxylic acids is 1. The van der Waals surface area contributed by atoms with Gasteiger partial charge in [-0.15, -0.1) is 5.10 Å². The van der Waals surface area contributed by atoms with E-state index in [4.69, 9.17) is 16.3 Å². The summed E-state index contributed by atoms with van der Waals surface area (Å²) in [5.74, 6) is 1.41. The van der Waals surface area contributed by atoms with Crippen LogP contribution in [-0.4, -0.2) is 38.9 Å². The van der Waals surface area contributed by atoms with Gasteiger partial charge in [-0.05, 0) is 29.3 Å². The molecule has 0 atom stereocenters. The average Bonchev–Trinajstić information content (AvgIpc) is 3.32. The minimum absolute atomic E-state index is 0.0133. The predicted molar refractivity (Wildman–Crippen MR) is 131 cm³/mol. The number of nitrogens with zero attached hydrogens (tertiary/aromatic N) is 3. The Labute approximate surface area is 202 Å². The Morgan fingerprint density at radius 3 is 2.24 bits per heavy atom. The van der Waals surface area contributed by atoms with Crippen molar-refractivity contribution in [2.75, 3.05) is 12.9 Å². The van der Waals surface area contributed by atoms with E-state index in [1.54, 1.807) is 25.3 Å². The van der Waals surface area contributed by atoms with Crippen LogP contribution < -0.4 is 4.74 Å². The lowest BCUT2D eigenvalue weighted by molar-refractivity contribution is -0.129. The number of aromatic amines is 1. The smallest absolute Gasteiger partial charge is 0.233 e. The van der Waals surface area contributed by atoms with Gasteiger partial charge in [-0.2, -0.15) is 0 Å². The van der Waals surface area contributed by atoms with Crippen LogP contribution in [0, 0.1) is 0 Å². The van der Waals surface area contributed by atoms with E-state index in [1.165, 1.54) is 11.8 Å². The van der Waals surface area contributed by atoms with Crippen molar-refractivity contribution in [2.24, 2.45) is 0 Å². The number of halogens is 1. The molecule has 1 amide bonds. The van der Waals surface area contributed by atoms with Gasteiger partial charge in [0.2, 0.25) is 11.1 Å². The van der Waals surface area contributed by atoms with Gasteiger partial charge in [-0.3, -0.25) is 9.89 Å². The Morgan fingerprint density at radius 1 is 1.00 bits per heavy atom. The Morgan fingerprint density at radius 2 is 1.64 bits per heavy atom. The number of thioether (sulfide) groups is 1. The second-order valence-electron chi connectivity index (χ2n) is 7.32. The number of hydrogen-bond donors (Lipinski definition) is 1. The first-order valence-corrected chi connectivity index (χ1v) is 11.7. The van der Waals surface area contributed by atoms with E-state index in [2.05, 4.69) is 15.2 Å². The molecule has 33 heavy (non-hydrogen) atoms. The Kier molecular flexibility index (Phi) is 7.65. The van der Waals surface area contributed by atoms with Gasteiger partial charge in [0.15, 0.2) is 5.82 Å². The van der Waals surface area contributed by atoms with Gasteiger partial charge >= 0.3 is 0 Å². The quantitative estimate of drug-likeness (QED) is 0.324. The Balaban J connectivity index is 1.46. The fourth-order valence-corrected chi connectivity index (χ4v) is 4.23. The van der Waals surface area contributed by atoms with Crippen LogP contribution in [0.5, 0.6) is 5.75 Å². The summed E-state index contributed by atoms with van der Waals surface area (Å²) in [6.45, 7) is 1.07. The maximum atomic E-state index is 13.1. The molecular weight excluding hydrogens is 456 g/mol. The predicted octanol–water partition coefficient (Wildman–Crippen LogP) is 5.45. The minimum atomic E-state index is 0.0133. The zero-order chi connectivity index (χ0) is 23.0. The van der Waals surface area contributed by atoms with Gasteiger partial charge in [-0.1, -0.05) is 84.0 Å². The van der Waals surface area contributed by atoms with Gasteiger partial charge in [0, 0.05) is 18.1 Å². The zero-order valence-electron chi connectivity index (χ0n) is 18.1. The summed E-state index contributed by atoms with van der Waals surface area (Å²) in [5, 5.41) is 8.22. The first-order valence-electron chi connectivity index (χ1n) is 10.4. The Hall–Kier alpha value is -3.29. The molecule has 0 bridgehead atoms. The summed E-state index contributed by atoms with van der Waals surface area (Å²) < 4.78 is 5.39. The van der Waals surface area contributed by atoms with Crippen molar-refractivity contribution in [1.29, 1.82) is 0 Å². The second-order valence-corrected chi connectivity index (χ2v) is 8.70. The molecule has 0 saturated carbocycles. The zero-order valence-corrected chi connectivity index (χ0v) is 19.6. The normalized spacial score (nSPS) is 10.7. The van der Waals surface area contributed by atoms with Crippen LogP contribution in [0.3, 0.4) is 0 Å². The summed E-state index contributed by atoms with van der Waals surface area (Å²) in [4.78, 5) is 19.5. The monoisotopic (exact) mass is 478 g/mol. The number of rotatable bonds is 9. The van der Waals surface area contributed by atoms with Crippen molar-refractivity contribution < 1.29 is 9.53 Å². The lowest BCUT2D eigenvalue weighted by Gasteiger charge is -2.23. The number of nitrogens with one attached hydrogen (secondary N) is 1. The third kappa shape index (κ3) is 6.15. The molecule has 1 heterocycles. The van der Waals surface area contributed by atoms with E-state index in [-0.39, 0.29) is 11.7 Å². The van der Waals surface area contributed by atoms with Crippen LogP contribution >= 0.6 is 23.4 Å². The molecule has 0 aliphatic rings. The SMILES string of the molecule is COc1ccc(Cl)cc1-c1nc(SCC(=O)N(Cc2ccccc2)Cc2ccccc2)n[nH]1. The van der Waals surface area contributed by atoms with E-state index in [9.17, 15) is 4.79 Å². The van der Waals surface area contributed by atoms with E-state index in [0.29, 0.717) is 40.4 Å². The summed E-state index contributed by atoms with van der Waals surface area (Å²) in [5.41, 5.74) is 2.88. The number of carbonyl (C=O) groups is 1. The molecule has 4 aromatic rings. The topological polar surface area (TPSA) is 71.1 Å². The molecular formula is C25H23ClN4O2S. The van der Waals surface area contributed by atoms with Crippen LogP contribution in [0.15, 0.2) is 84.0 Å². The summed E-state index contributed by atoms with van der Waals surface area (Å²) in [6.07, 6.45) is 0. The number of methoxy groups -OCH3 is 1. The number of amides is 1. The van der Waals surface area contributed by atoms with Crippen molar-refractivity contribution in [3.8, 4) is 17.1 Å². The lowest BCUT2D eigenvalue weighted by Crippen LogP contribution is -2.31. The van der Waals surface area contributed by atoms with Crippen LogP contribution in [0.2, 0.25) is 5.02 Å². The Bertz CT molecular complexity index is 1160. The molecule has 0 aliphatic heterocycles. The van der Waals surface area contributed by atoms with Crippen molar-refractivity contribution in [3.05, 3.63) is 95.0 Å². The molecule has 4 rings (SSSR count). The van der Waals surface area contributed by atoms with Gasteiger partial charge in [0.25, 0.3) is 0 Å². The summed E-state index contributed by atoms with van der Waals surface area (Å²) >= 11 is 7.42. The van der Waals surface area contributed by atoms with Crippen LogP contribution in [0.1, 0.15) is 11.1 Å². The average molecular weight is 479 g/mol. The third-order valence-electron chi connectivity index (χ3n) is 4.99. The molecule has 6 nitrogen and oxygen atoms in total. The van der Waals surface area contributed by atoms with Gasteiger partial charge in [0.1, 0.15) is 5.75 Å². The van der Waals surface area contributed by atoms with Gasteiger partial charge in [-0.25, -0.2) is 4.98 Å². The lowest BCUT2D eigenvalue weighted by atomic mass is 10.1. The molecule has 1 aromatic heterocycles. The van der Waals surface area contributed by atoms with Crippen molar-refractivity contribution in [2.45, 2.75) is 18.2 Å². The molecule has 8 heteroatoms. The molecule has 0 unspecified atom stereocenters. The largest absolute Gasteiger partial charge is 0.496 e. The molecule has 168 valence electrons. The van der Waals surface area contributed by atoms with Gasteiger partial charge in [0.05, 0.1) is 18.4 Å². The van der Waals surface area contributed by atoms with Crippen molar-refractivity contribution >= 4 is 29.3 Å². The third-order valence-corrected chi connectivity index (χ3v) is 6.06. The number of benzene rings is 3. The van der Waals surface area contributed by atoms with E-state index in [0.717, 1.165) is 11.1 Å². The number of hydrogen-bond acceptors (Lipinski definition) is 5. The summed E-state index contributed by atoms with van der Waals surface area (Å²) in [6, 6.07) is 25.3. The van der Waals surface area contributed by atoms with Crippen LogP contribution in [0.25, 0.3) is 11.4 Å². The van der Waals surface area contributed by atoms with Crippen molar-refractivity contribution in [3.63, 3.8) is 0 Å². The number of H-pyrrole nitrogens is 1. The fourth-order valence-electron chi connectivity index (χ4n) is 3.35. The highest BCUT2D eigenvalue weighted by Crippen LogP contribution is 2.31. The van der Waals surface area contributed by atoms with E-state index in [1.807, 2.05) is 65.6 Å². The minimum Gasteiger partial charge on any atom is -0.496 e. The highest BCUT2D eigenvalue weighted by molar-refractivity contribution is 7.99. The highest BCUT2D eigenvalue weighted by Gasteiger charge is 2.17. The van der Waals surface area contributed by atoms with E-state index >= 15 is 0 Å². The molecule has 3 aromatic carbocycles. The van der Waals surface area contributed by atoms with Crippen molar-refractivity contribution in [1.82, 2.24) is 20.1 Å². The van der Waals surface area contributed by atoms with E-state index < -0.39 is 0 Å². The van der Waals surface area contributed by atoms with Crippen LogP contribution in [0.4, 0.5) is 0 Å². The second kappa shape index (κ2) is 11.0. The highest BCUT2D eigenvalue weighted by atomic mass is 35.5. The first-order chi connectivity index (χ1) is 16.1.